The molecule has 1 aliphatic rings. The summed E-state index contributed by atoms with van der Waals surface area (Å²) in [6.45, 7) is 0. The van der Waals surface area contributed by atoms with Gasteiger partial charge in [-0.1, -0.05) is 47.7 Å². The van der Waals surface area contributed by atoms with Crippen LogP contribution in [0, 0.1) is 0 Å². The molecule has 0 fully saturated rings. The minimum absolute atomic E-state index is 0.0451. The summed E-state index contributed by atoms with van der Waals surface area (Å²) in [6, 6.07) is 21.1. The van der Waals surface area contributed by atoms with Gasteiger partial charge in [0.15, 0.2) is 5.13 Å². The van der Waals surface area contributed by atoms with Crippen LogP contribution in [-0.2, 0) is 10.0 Å². The van der Waals surface area contributed by atoms with Gasteiger partial charge in [0.2, 0.25) is 10.0 Å². The maximum atomic E-state index is 13.3. The van der Waals surface area contributed by atoms with Gasteiger partial charge in [0.05, 0.1) is 31.9 Å². The van der Waals surface area contributed by atoms with Gasteiger partial charge in [-0.15, -0.1) is 0 Å². The minimum Gasteiger partial charge on any atom is -0.298 e. The Balaban J connectivity index is 1.37. The van der Waals surface area contributed by atoms with E-state index in [0.717, 1.165) is 16.2 Å². The molecule has 0 spiro atoms. The Hall–Kier alpha value is -4.45. The molecule has 6 rings (SSSR count). The number of nitrogens with two attached hydrogens (primary N) is 1. The predicted octanol–water partition coefficient (Wildman–Crippen LogP) is 4.15. The molecule has 3 N–H and O–H groups in total. The van der Waals surface area contributed by atoms with Crippen LogP contribution in [0.5, 0.6) is 0 Å². The quantitative estimate of drug-likeness (QED) is 0.336. The number of anilines is 2. The van der Waals surface area contributed by atoms with E-state index in [1.54, 1.807) is 60.7 Å². The van der Waals surface area contributed by atoms with E-state index >= 15 is 0 Å². The Morgan fingerprint density at radius 2 is 1.51 bits per heavy atom. The molecule has 0 unspecified atom stereocenters. The molecule has 0 radical (unpaired) electrons. The lowest BCUT2D eigenvalue weighted by Crippen LogP contribution is -2.29. The number of hydrogen-bond acceptors (Lipinski definition) is 7. The highest BCUT2D eigenvalue weighted by Gasteiger charge is 2.37. The maximum absolute atomic E-state index is 13.3. The fourth-order valence-electron chi connectivity index (χ4n) is 4.38. The number of amides is 3. The van der Waals surface area contributed by atoms with Crippen LogP contribution in [0.25, 0.3) is 21.0 Å². The Morgan fingerprint density at radius 1 is 0.865 bits per heavy atom. The number of thiazole rings is 1. The molecule has 0 saturated carbocycles. The molecule has 4 aromatic carbocycles. The monoisotopic (exact) mass is 528 g/mol. The van der Waals surface area contributed by atoms with Crippen LogP contribution in [0.3, 0.4) is 0 Å². The number of carbonyl (C=O) groups is 3. The highest BCUT2D eigenvalue weighted by molar-refractivity contribution is 7.89. The lowest BCUT2D eigenvalue weighted by atomic mass is 10.0. The Kier molecular flexibility index (Phi) is 5.16. The maximum Gasteiger partial charge on any atom is 0.266 e. The minimum atomic E-state index is -3.87. The second kappa shape index (κ2) is 8.30. The van der Waals surface area contributed by atoms with E-state index in [9.17, 15) is 22.8 Å². The van der Waals surface area contributed by atoms with Crippen molar-refractivity contribution in [2.24, 2.45) is 5.14 Å². The molecule has 1 aliphatic heterocycles. The zero-order valence-electron chi connectivity index (χ0n) is 18.8. The third-order valence-electron chi connectivity index (χ3n) is 6.09. The molecule has 0 saturated heterocycles. The van der Waals surface area contributed by atoms with Crippen LogP contribution in [0.1, 0.15) is 31.1 Å². The van der Waals surface area contributed by atoms with Crippen LogP contribution in [0.15, 0.2) is 83.8 Å². The summed E-state index contributed by atoms with van der Waals surface area (Å²) < 4.78 is 23.8. The fraction of sp³-hybridized carbons (Fsp3) is 0. The van der Waals surface area contributed by atoms with Crippen molar-refractivity contribution >= 4 is 70.9 Å². The number of rotatable bonds is 4. The van der Waals surface area contributed by atoms with Crippen molar-refractivity contribution in [2.75, 3.05) is 10.2 Å². The van der Waals surface area contributed by atoms with Gasteiger partial charge in [-0.25, -0.2) is 23.4 Å². The summed E-state index contributed by atoms with van der Waals surface area (Å²) in [7, 11) is -3.87. The van der Waals surface area contributed by atoms with Crippen LogP contribution < -0.4 is 15.4 Å². The van der Waals surface area contributed by atoms with Crippen LogP contribution >= 0.6 is 11.3 Å². The van der Waals surface area contributed by atoms with Gasteiger partial charge in [-0.2, -0.15) is 0 Å². The van der Waals surface area contributed by atoms with Gasteiger partial charge in [-0.05, 0) is 47.9 Å². The lowest BCUT2D eigenvalue weighted by molar-refractivity contribution is 0.0925. The van der Waals surface area contributed by atoms with Crippen LogP contribution in [-0.4, -0.2) is 31.1 Å². The van der Waals surface area contributed by atoms with E-state index in [2.05, 4.69) is 10.3 Å². The number of carbonyl (C=O) groups excluding carboxylic acids is 3. The summed E-state index contributed by atoms with van der Waals surface area (Å²) in [6.07, 6.45) is 0. The van der Waals surface area contributed by atoms with E-state index in [4.69, 9.17) is 5.14 Å². The van der Waals surface area contributed by atoms with E-state index in [1.807, 2.05) is 0 Å². The van der Waals surface area contributed by atoms with E-state index < -0.39 is 27.7 Å². The summed E-state index contributed by atoms with van der Waals surface area (Å²) in [5.74, 6) is -1.29. The molecule has 2 heterocycles. The Bertz CT molecular complexity index is 1880. The highest BCUT2D eigenvalue weighted by Crippen LogP contribution is 2.35. The first-order chi connectivity index (χ1) is 17.7. The molecular weight excluding hydrogens is 512 g/mol. The van der Waals surface area contributed by atoms with E-state index in [1.165, 1.54) is 18.2 Å². The van der Waals surface area contributed by atoms with Crippen molar-refractivity contribution in [3.63, 3.8) is 0 Å². The zero-order chi connectivity index (χ0) is 25.9. The summed E-state index contributed by atoms with van der Waals surface area (Å²) in [5.41, 5.74) is 1.88. The highest BCUT2D eigenvalue weighted by atomic mass is 32.2. The largest absolute Gasteiger partial charge is 0.298 e. The number of sulfonamides is 1. The topological polar surface area (TPSA) is 140 Å². The molecule has 5 aromatic rings. The molecule has 0 atom stereocenters. The van der Waals surface area contributed by atoms with Gasteiger partial charge in [0, 0.05) is 10.9 Å². The Morgan fingerprint density at radius 3 is 2.19 bits per heavy atom. The number of primary sulfonamides is 1. The first-order valence-electron chi connectivity index (χ1n) is 11.0. The van der Waals surface area contributed by atoms with E-state index in [-0.39, 0.29) is 10.0 Å². The first-order valence-corrected chi connectivity index (χ1v) is 13.3. The number of hydrogen-bond donors (Lipinski definition) is 2. The third kappa shape index (κ3) is 3.76. The summed E-state index contributed by atoms with van der Waals surface area (Å²) in [4.78, 5) is 44.8. The van der Waals surface area contributed by atoms with Crippen molar-refractivity contribution in [1.82, 2.24) is 4.98 Å². The van der Waals surface area contributed by atoms with Crippen LogP contribution in [0.2, 0.25) is 0 Å². The van der Waals surface area contributed by atoms with Gasteiger partial charge >= 0.3 is 0 Å². The number of aromatic nitrogens is 1. The van der Waals surface area contributed by atoms with Crippen molar-refractivity contribution in [3.05, 3.63) is 95.6 Å². The van der Waals surface area contributed by atoms with Gasteiger partial charge in [0.1, 0.15) is 0 Å². The average molecular weight is 529 g/mol. The van der Waals surface area contributed by atoms with Crippen molar-refractivity contribution in [1.29, 1.82) is 0 Å². The zero-order valence-corrected chi connectivity index (χ0v) is 20.5. The van der Waals surface area contributed by atoms with Gasteiger partial charge in [-0.3, -0.25) is 19.7 Å². The molecule has 9 nitrogen and oxygen atoms in total. The molecule has 0 bridgehead atoms. The number of benzene rings is 4. The van der Waals surface area contributed by atoms with Gasteiger partial charge < -0.3 is 0 Å². The number of nitrogens with zero attached hydrogens (tertiary/aromatic N) is 2. The number of fused-ring (bicyclic) bond motifs is 3. The second-order valence-electron chi connectivity index (χ2n) is 8.32. The lowest BCUT2D eigenvalue weighted by Gasteiger charge is -2.18. The van der Waals surface area contributed by atoms with Gasteiger partial charge in [0.25, 0.3) is 17.7 Å². The first kappa shape index (κ1) is 23.0. The molecule has 3 amide bonds. The predicted molar refractivity (Wildman–Crippen MR) is 140 cm³/mol. The molecule has 11 heteroatoms. The Labute approximate surface area is 214 Å². The van der Waals surface area contributed by atoms with Crippen molar-refractivity contribution < 1.29 is 22.8 Å². The molecule has 1 aromatic heterocycles. The summed E-state index contributed by atoms with van der Waals surface area (Å²) in [5, 5.41) is 9.35. The molecule has 0 aliphatic carbocycles. The smallest absolute Gasteiger partial charge is 0.266 e. The molecular formula is C26H16N4O5S2. The molecule has 37 heavy (non-hydrogen) atoms. The summed E-state index contributed by atoms with van der Waals surface area (Å²) >= 11 is 1.11. The molecule has 182 valence electrons. The number of nitrogens with one attached hydrogen (secondary N) is 1. The van der Waals surface area contributed by atoms with Crippen LogP contribution in [0.4, 0.5) is 10.8 Å². The van der Waals surface area contributed by atoms with E-state index in [0.29, 0.717) is 43.4 Å². The number of imide groups is 1. The standard InChI is InChI=1S/C26H16N4O5S2/c27-37(34,35)14-9-11-20-22(13-14)36-26(28-20)29-23(31)17-10-12-21(16-6-2-1-5-15(16)17)30-24(32)18-7-3-4-8-19(18)25(30)33/h1-13H,(H2,27,34,35)(H,28,29,31). The third-order valence-corrected chi connectivity index (χ3v) is 7.93. The average Bonchev–Trinajstić information content (AvgIpc) is 3.40. The fourth-order valence-corrected chi connectivity index (χ4v) is 5.90. The van der Waals surface area contributed by atoms with Crippen molar-refractivity contribution in [3.8, 4) is 0 Å². The van der Waals surface area contributed by atoms with Crippen molar-refractivity contribution in [2.45, 2.75) is 4.90 Å². The second-order valence-corrected chi connectivity index (χ2v) is 10.9. The SMILES string of the molecule is NS(=O)(=O)c1ccc2nc(NC(=O)c3ccc(N4C(=O)c5ccccc5C4=O)c4ccccc34)sc2c1. The normalized spacial score (nSPS) is 13.4.